The van der Waals surface area contributed by atoms with Crippen LogP contribution in [0.4, 0.5) is 0 Å². The fourth-order valence-electron chi connectivity index (χ4n) is 1.82. The topological polar surface area (TPSA) is 32.3 Å². The average Bonchev–Trinajstić information content (AvgIpc) is 2.98. The van der Waals surface area contributed by atoms with Gasteiger partial charge in [-0.25, -0.2) is 0 Å². The zero-order valence-corrected chi connectivity index (χ0v) is 11.8. The molecule has 1 N–H and O–H groups in total. The van der Waals surface area contributed by atoms with E-state index in [1.165, 1.54) is 0 Å². The van der Waals surface area contributed by atoms with E-state index in [1.54, 1.807) is 6.07 Å². The Labute approximate surface area is 117 Å². The van der Waals surface area contributed by atoms with E-state index >= 15 is 0 Å². The molecule has 0 saturated heterocycles. The molecule has 1 fully saturated rings. The van der Waals surface area contributed by atoms with E-state index in [2.05, 4.69) is 5.32 Å². The van der Waals surface area contributed by atoms with Gasteiger partial charge in [0.15, 0.2) is 0 Å². The average molecular weight is 287 g/mol. The number of carbonyl (C=O) groups is 1. The number of rotatable bonds is 5. The Morgan fingerprint density at radius 1 is 1.33 bits per heavy atom. The van der Waals surface area contributed by atoms with Gasteiger partial charge in [0.1, 0.15) is 0 Å². The van der Waals surface area contributed by atoms with E-state index in [9.17, 15) is 4.79 Å². The Kier molecular flexibility index (Phi) is 4.49. The predicted molar refractivity (Wildman–Crippen MR) is 74.0 cm³/mol. The summed E-state index contributed by atoms with van der Waals surface area (Å²) in [7, 11) is 1.90. The van der Waals surface area contributed by atoms with Crippen LogP contribution in [0.1, 0.15) is 18.4 Å². The van der Waals surface area contributed by atoms with Crippen molar-refractivity contribution in [2.75, 3.05) is 13.6 Å². The first-order valence-corrected chi connectivity index (χ1v) is 6.71. The molecular formula is C13H16Cl2N2O. The van der Waals surface area contributed by atoms with E-state index in [0.29, 0.717) is 29.2 Å². The molecule has 3 nitrogen and oxygen atoms in total. The summed E-state index contributed by atoms with van der Waals surface area (Å²) in [4.78, 5) is 13.6. The van der Waals surface area contributed by atoms with Gasteiger partial charge >= 0.3 is 0 Å². The summed E-state index contributed by atoms with van der Waals surface area (Å²) >= 11 is 11.9. The summed E-state index contributed by atoms with van der Waals surface area (Å²) in [6, 6.07) is 5.84. The number of likely N-dealkylation sites (N-methyl/N-ethyl adjacent to an activating group) is 1. The predicted octanol–water partition coefficient (Wildman–Crippen LogP) is 2.70. The third-order valence-electron chi connectivity index (χ3n) is 2.73. The summed E-state index contributed by atoms with van der Waals surface area (Å²) in [5, 5.41) is 4.20. The lowest BCUT2D eigenvalue weighted by atomic mass is 10.2. The summed E-state index contributed by atoms with van der Waals surface area (Å²) in [5.74, 6) is 0.0770. The number of carbonyl (C=O) groups excluding carboxylic acids is 1. The third-order valence-corrected chi connectivity index (χ3v) is 3.17. The van der Waals surface area contributed by atoms with E-state index in [0.717, 1.165) is 18.4 Å². The Balaban J connectivity index is 1.85. The second-order valence-electron chi connectivity index (χ2n) is 4.79. The van der Waals surface area contributed by atoms with Crippen molar-refractivity contribution in [1.29, 1.82) is 0 Å². The molecule has 0 atom stereocenters. The highest BCUT2D eigenvalue weighted by atomic mass is 35.5. The summed E-state index contributed by atoms with van der Waals surface area (Å²) in [6.45, 7) is 1.04. The van der Waals surface area contributed by atoms with Gasteiger partial charge in [0.2, 0.25) is 5.91 Å². The molecule has 0 aromatic heterocycles. The minimum atomic E-state index is 0.0770. The first-order valence-electron chi connectivity index (χ1n) is 5.96. The molecule has 1 aliphatic rings. The van der Waals surface area contributed by atoms with Gasteiger partial charge in [-0.3, -0.25) is 9.69 Å². The van der Waals surface area contributed by atoms with Crippen molar-refractivity contribution in [3.63, 3.8) is 0 Å². The third kappa shape index (κ3) is 4.48. The van der Waals surface area contributed by atoms with Crippen LogP contribution in [0.3, 0.4) is 0 Å². The molecule has 0 unspecified atom stereocenters. The number of amides is 1. The van der Waals surface area contributed by atoms with Crippen molar-refractivity contribution >= 4 is 29.1 Å². The lowest BCUT2D eigenvalue weighted by Gasteiger charge is -2.16. The monoisotopic (exact) mass is 286 g/mol. The second-order valence-corrected chi connectivity index (χ2v) is 5.66. The van der Waals surface area contributed by atoms with Crippen LogP contribution < -0.4 is 5.32 Å². The highest BCUT2D eigenvalue weighted by Crippen LogP contribution is 2.20. The Morgan fingerprint density at radius 3 is 2.50 bits per heavy atom. The zero-order chi connectivity index (χ0) is 13.1. The Bertz CT molecular complexity index is 426. The maximum Gasteiger partial charge on any atom is 0.234 e. The van der Waals surface area contributed by atoms with Crippen LogP contribution in [-0.4, -0.2) is 30.4 Å². The molecule has 98 valence electrons. The highest BCUT2D eigenvalue weighted by molar-refractivity contribution is 6.34. The van der Waals surface area contributed by atoms with Crippen LogP contribution in [0.2, 0.25) is 10.0 Å². The highest BCUT2D eigenvalue weighted by Gasteiger charge is 2.23. The molecule has 2 rings (SSSR count). The number of nitrogens with one attached hydrogen (secondary N) is 1. The van der Waals surface area contributed by atoms with Crippen molar-refractivity contribution in [3.8, 4) is 0 Å². The minimum Gasteiger partial charge on any atom is -0.352 e. The van der Waals surface area contributed by atoms with Crippen molar-refractivity contribution < 1.29 is 4.79 Å². The molecule has 18 heavy (non-hydrogen) atoms. The van der Waals surface area contributed by atoms with Gasteiger partial charge in [0.25, 0.3) is 0 Å². The van der Waals surface area contributed by atoms with Gasteiger partial charge in [-0.2, -0.15) is 0 Å². The molecule has 0 bridgehead atoms. The van der Waals surface area contributed by atoms with Crippen LogP contribution in [0.25, 0.3) is 0 Å². The van der Waals surface area contributed by atoms with E-state index < -0.39 is 0 Å². The largest absolute Gasteiger partial charge is 0.352 e. The summed E-state index contributed by atoms with van der Waals surface area (Å²) in [6.07, 6.45) is 2.22. The number of nitrogens with zero attached hydrogens (tertiary/aromatic N) is 1. The first-order chi connectivity index (χ1) is 8.52. The van der Waals surface area contributed by atoms with Gasteiger partial charge in [-0.15, -0.1) is 0 Å². The Morgan fingerprint density at radius 2 is 1.94 bits per heavy atom. The molecule has 0 spiro atoms. The lowest BCUT2D eigenvalue weighted by molar-refractivity contribution is -0.122. The van der Waals surface area contributed by atoms with Crippen LogP contribution in [-0.2, 0) is 11.3 Å². The van der Waals surface area contributed by atoms with E-state index in [4.69, 9.17) is 23.2 Å². The van der Waals surface area contributed by atoms with Crippen LogP contribution in [0.5, 0.6) is 0 Å². The second kappa shape index (κ2) is 5.91. The molecule has 5 heteroatoms. The van der Waals surface area contributed by atoms with Crippen LogP contribution in [0, 0.1) is 0 Å². The van der Waals surface area contributed by atoms with Gasteiger partial charge in [0, 0.05) is 22.6 Å². The SMILES string of the molecule is CN(CC(=O)NC1CC1)Cc1cc(Cl)cc(Cl)c1. The summed E-state index contributed by atoms with van der Waals surface area (Å²) < 4.78 is 0. The van der Waals surface area contributed by atoms with Crippen LogP contribution in [0.15, 0.2) is 18.2 Å². The fourth-order valence-corrected chi connectivity index (χ4v) is 2.39. The minimum absolute atomic E-state index is 0.0770. The van der Waals surface area contributed by atoms with Crippen molar-refractivity contribution in [1.82, 2.24) is 10.2 Å². The maximum atomic E-state index is 11.6. The lowest BCUT2D eigenvalue weighted by Crippen LogP contribution is -2.35. The number of benzene rings is 1. The molecule has 1 aromatic carbocycles. The zero-order valence-electron chi connectivity index (χ0n) is 10.2. The molecule has 0 heterocycles. The van der Waals surface area contributed by atoms with Gasteiger partial charge < -0.3 is 5.32 Å². The molecule has 1 aromatic rings. The molecule has 1 saturated carbocycles. The number of hydrogen-bond donors (Lipinski definition) is 1. The summed E-state index contributed by atoms with van der Waals surface area (Å²) in [5.41, 5.74) is 1.01. The van der Waals surface area contributed by atoms with Crippen molar-refractivity contribution in [2.45, 2.75) is 25.4 Å². The van der Waals surface area contributed by atoms with Crippen molar-refractivity contribution in [3.05, 3.63) is 33.8 Å². The Hall–Kier alpha value is -0.770. The van der Waals surface area contributed by atoms with Gasteiger partial charge in [-0.1, -0.05) is 23.2 Å². The maximum absolute atomic E-state index is 11.6. The molecule has 1 amide bonds. The van der Waals surface area contributed by atoms with E-state index in [-0.39, 0.29) is 5.91 Å². The normalized spacial score (nSPS) is 14.9. The van der Waals surface area contributed by atoms with Gasteiger partial charge in [-0.05, 0) is 43.7 Å². The van der Waals surface area contributed by atoms with Crippen molar-refractivity contribution in [2.24, 2.45) is 0 Å². The first kappa shape index (κ1) is 13.7. The molecular weight excluding hydrogens is 271 g/mol. The number of hydrogen-bond acceptors (Lipinski definition) is 2. The quantitative estimate of drug-likeness (QED) is 0.903. The van der Waals surface area contributed by atoms with Gasteiger partial charge in [0.05, 0.1) is 6.54 Å². The fraction of sp³-hybridized carbons (Fsp3) is 0.462. The number of halogens is 2. The van der Waals surface area contributed by atoms with Crippen LogP contribution >= 0.6 is 23.2 Å². The smallest absolute Gasteiger partial charge is 0.234 e. The molecule has 1 aliphatic carbocycles. The molecule has 0 radical (unpaired) electrons. The van der Waals surface area contributed by atoms with E-state index in [1.807, 2.05) is 24.1 Å². The standard InChI is InChI=1S/C13H16Cl2N2O/c1-17(8-13(18)16-12-2-3-12)7-9-4-10(14)6-11(15)5-9/h4-6,12H,2-3,7-8H2,1H3,(H,16,18). The molecule has 0 aliphatic heterocycles.